The van der Waals surface area contributed by atoms with Crippen LogP contribution in [-0.4, -0.2) is 107 Å². The van der Waals surface area contributed by atoms with Gasteiger partial charge in [-0.1, -0.05) is 6.07 Å². The van der Waals surface area contributed by atoms with Gasteiger partial charge >= 0.3 is 28.3 Å². The first-order chi connectivity index (χ1) is 21.0. The fourth-order valence-electron chi connectivity index (χ4n) is 4.31. The Balaban J connectivity index is 1.72. The lowest BCUT2D eigenvalue weighted by Crippen LogP contribution is -2.80. The van der Waals surface area contributed by atoms with Crippen molar-refractivity contribution in [3.8, 4) is 11.5 Å². The highest BCUT2D eigenvalue weighted by atomic mass is 32.3. The molecule has 1 fully saturated rings. The third-order valence-electron chi connectivity index (χ3n) is 6.47. The predicted octanol–water partition coefficient (Wildman–Crippen LogP) is -0.601. The number of carbonyl (C=O) groups excluding carboxylic acids is 3. The number of nitrogens with two attached hydrogens (primary N) is 1. The number of carboxylic acids is 2. The number of nitrogens with one attached hydrogen (secondary N) is 1. The third kappa shape index (κ3) is 8.02. The van der Waals surface area contributed by atoms with Crippen molar-refractivity contribution in [1.29, 1.82) is 0 Å². The number of fused-ring (bicyclic) bond motifs is 1. The number of rotatable bonds is 15. The molecule has 45 heavy (non-hydrogen) atoms. The van der Waals surface area contributed by atoms with Gasteiger partial charge in [0.1, 0.15) is 23.7 Å². The number of hydrogen-bond donors (Lipinski definition) is 6. The first kappa shape index (κ1) is 35.1. The number of methoxy groups -OCH3 is 2. The van der Waals surface area contributed by atoms with Crippen LogP contribution in [0.3, 0.4) is 0 Å². The molecule has 2 aliphatic rings. The summed E-state index contributed by atoms with van der Waals surface area (Å²) in [5, 5.41) is 30.2. The Kier molecular flexibility index (Phi) is 11.0. The quantitative estimate of drug-likeness (QED) is 0.0338. The average molecular weight is 676 g/mol. The molecule has 0 aliphatic carbocycles. The van der Waals surface area contributed by atoms with E-state index in [0.29, 0.717) is 0 Å². The molecule has 3 atom stereocenters. The van der Waals surface area contributed by atoms with E-state index in [9.17, 15) is 42.6 Å². The summed E-state index contributed by atoms with van der Waals surface area (Å²) in [5.74, 6) is -7.06. The lowest BCUT2D eigenvalue weighted by Gasteiger charge is -2.55. The van der Waals surface area contributed by atoms with E-state index in [2.05, 4.69) is 9.50 Å². The second-order valence-corrected chi connectivity index (χ2v) is 11.5. The lowest BCUT2D eigenvalue weighted by atomic mass is 9.97. The van der Waals surface area contributed by atoms with Crippen LogP contribution in [0, 0.1) is 0 Å². The van der Waals surface area contributed by atoms with Crippen molar-refractivity contribution in [3.63, 3.8) is 0 Å². The summed E-state index contributed by atoms with van der Waals surface area (Å²) in [7, 11) is -2.62. The highest BCUT2D eigenvalue weighted by molar-refractivity contribution is 8.00. The van der Waals surface area contributed by atoms with E-state index in [1.54, 1.807) is 0 Å². The number of ether oxygens (including phenoxy) is 3. The maximum absolute atomic E-state index is 13.2. The minimum Gasteiger partial charge on any atom is -0.504 e. The second-order valence-electron chi connectivity index (χ2n) is 9.45. The molecule has 1 aromatic carbocycles. The first-order valence-electron chi connectivity index (χ1n) is 12.7. The number of aliphatic carboxylic acids is 2. The number of hydrogen-bond acceptors (Lipinski definition) is 14. The summed E-state index contributed by atoms with van der Waals surface area (Å²) >= 11 is 1.04. The van der Waals surface area contributed by atoms with E-state index >= 15 is 0 Å². The van der Waals surface area contributed by atoms with E-state index < -0.39 is 86.8 Å². The highest BCUT2D eigenvalue weighted by Crippen LogP contribution is 2.46. The highest BCUT2D eigenvalue weighted by Gasteiger charge is 2.66. The number of amides is 2. The van der Waals surface area contributed by atoms with Gasteiger partial charge in [-0.15, -0.1) is 11.8 Å². The molecule has 3 rings (SSSR count). The van der Waals surface area contributed by atoms with Crippen LogP contribution in [0.15, 0.2) is 35.2 Å². The van der Waals surface area contributed by atoms with Gasteiger partial charge in [-0.05, 0) is 36.6 Å². The number of carbonyl (C=O) groups is 5. The minimum atomic E-state index is -4.90. The molecule has 2 amide bonds. The van der Waals surface area contributed by atoms with Crippen LogP contribution < -0.4 is 15.2 Å². The molecule has 246 valence electrons. The molecule has 0 aromatic heterocycles. The van der Waals surface area contributed by atoms with Crippen LogP contribution in [0.1, 0.15) is 24.8 Å². The molecule has 18 nitrogen and oxygen atoms in total. The molecule has 2 heterocycles. The van der Waals surface area contributed by atoms with Gasteiger partial charge in [-0.25, -0.2) is 9.59 Å². The Labute approximate surface area is 259 Å². The maximum atomic E-state index is 13.2. The van der Waals surface area contributed by atoms with E-state index in [1.165, 1.54) is 6.07 Å². The number of carboxylic acid groups (broad SMARTS) is 2. The zero-order valence-electron chi connectivity index (χ0n) is 23.6. The largest absolute Gasteiger partial charge is 0.504 e. The molecule has 3 unspecified atom stereocenters. The Morgan fingerprint density at radius 1 is 1.24 bits per heavy atom. The molecule has 7 N–H and O–H groups in total. The number of esters is 1. The fourth-order valence-corrected chi connectivity index (χ4v) is 6.10. The summed E-state index contributed by atoms with van der Waals surface area (Å²) in [6.07, 6.45) is 1.06. The normalized spacial score (nSPS) is 20.4. The summed E-state index contributed by atoms with van der Waals surface area (Å²) in [5.41, 5.74) is 3.23. The number of phenols is 1. The van der Waals surface area contributed by atoms with Crippen LogP contribution in [0.5, 0.6) is 11.5 Å². The van der Waals surface area contributed by atoms with Gasteiger partial charge in [0.15, 0.2) is 11.5 Å². The molecule has 0 saturated carbocycles. The molecule has 20 heteroatoms. The number of aromatic hydroxyl groups is 1. The van der Waals surface area contributed by atoms with Crippen LogP contribution in [-0.2, 0) is 48.6 Å². The second kappa shape index (κ2) is 14.2. The van der Waals surface area contributed by atoms with Crippen molar-refractivity contribution in [2.75, 3.05) is 26.6 Å². The number of benzene rings is 1. The van der Waals surface area contributed by atoms with Gasteiger partial charge in [-0.2, -0.15) is 8.42 Å². The van der Waals surface area contributed by atoms with Crippen molar-refractivity contribution < 1.29 is 70.7 Å². The lowest BCUT2D eigenvalue weighted by molar-refractivity contribution is -0.192. The predicted molar refractivity (Wildman–Crippen MR) is 151 cm³/mol. The van der Waals surface area contributed by atoms with Crippen molar-refractivity contribution in [1.82, 2.24) is 10.2 Å². The molecule has 2 aliphatic heterocycles. The Morgan fingerprint density at radius 2 is 1.93 bits per heavy atom. The summed E-state index contributed by atoms with van der Waals surface area (Å²) in [4.78, 5) is 62.4. The Hall–Kier alpha value is -4.37. The topological polar surface area (TPSA) is 279 Å². The zero-order chi connectivity index (χ0) is 33.7. The molecule has 0 bridgehead atoms. The number of phenolic OH excluding ortho intramolecular Hbond substituents is 1. The molecule has 0 spiro atoms. The third-order valence-corrected chi connectivity index (χ3v) is 8.23. The smallest absolute Gasteiger partial charge is 0.446 e. The first-order valence-corrected chi connectivity index (χ1v) is 15.1. The molecule has 1 saturated heterocycles. The van der Waals surface area contributed by atoms with Crippen molar-refractivity contribution in [3.05, 3.63) is 40.8 Å². The Morgan fingerprint density at radius 3 is 2.49 bits per heavy atom. The molecule has 0 radical (unpaired) electrons. The number of β-lactam (4-membered cyclic amide) rings is 1. The fraction of sp³-hybridized carbons (Fsp3) is 0.400. The summed E-state index contributed by atoms with van der Waals surface area (Å²) in [6, 6.07) is 2.05. The van der Waals surface area contributed by atoms with Crippen molar-refractivity contribution in [2.45, 2.75) is 36.4 Å². The molecular weight excluding hydrogens is 646 g/mol. The maximum Gasteiger partial charge on any atom is 0.446 e. The molecular formula is C25H29N3O15S2. The van der Waals surface area contributed by atoms with Crippen LogP contribution in [0.2, 0.25) is 0 Å². The van der Waals surface area contributed by atoms with Crippen LogP contribution in [0.4, 0.5) is 0 Å². The van der Waals surface area contributed by atoms with Crippen LogP contribution >= 0.6 is 11.8 Å². The van der Waals surface area contributed by atoms with Gasteiger partial charge in [0.25, 0.3) is 11.6 Å². The monoisotopic (exact) mass is 675 g/mol. The van der Waals surface area contributed by atoms with Crippen molar-refractivity contribution >= 4 is 58.0 Å². The average Bonchev–Trinajstić information content (AvgIpc) is 2.97. The van der Waals surface area contributed by atoms with E-state index in [0.717, 1.165) is 49.1 Å². The van der Waals surface area contributed by atoms with E-state index in [4.69, 9.17) is 29.6 Å². The summed E-state index contributed by atoms with van der Waals surface area (Å²) < 4.78 is 50.3. The van der Waals surface area contributed by atoms with Gasteiger partial charge in [-0.3, -0.25) is 23.8 Å². The van der Waals surface area contributed by atoms with Gasteiger partial charge in [0, 0.05) is 24.9 Å². The zero-order valence-corrected chi connectivity index (χ0v) is 25.3. The SMILES string of the molecule is COC(=Cc1ccc(OS(=O)(=O)O)c(O)c1)C(=O)OCC1=C(C(=O)O)N2C(=O)C(NC(=O)CCCC(N)C(=O)O)(OC)C2SC1. The van der Waals surface area contributed by atoms with E-state index in [1.807, 2.05) is 0 Å². The number of nitrogens with zero attached hydrogens (tertiary/aromatic N) is 1. The van der Waals surface area contributed by atoms with Gasteiger partial charge in [0.05, 0.1) is 7.11 Å². The van der Waals surface area contributed by atoms with Crippen molar-refractivity contribution in [2.24, 2.45) is 5.73 Å². The minimum absolute atomic E-state index is 0.00963. The van der Waals surface area contributed by atoms with Gasteiger partial charge < -0.3 is 44.8 Å². The van der Waals surface area contributed by atoms with E-state index in [-0.39, 0.29) is 36.2 Å². The Bertz CT molecular complexity index is 1560. The standard InChI is InChI=1S/C25H29N3O15S2/c1-40-17(9-12-6-7-16(15(29)8-12)43-45(37,38)39)22(35)42-10-13-11-44-24-25(41-2,23(36)28(24)19(13)21(33)34)27-18(30)5-3-4-14(26)20(31)32/h6-9,14,24,29H,3-5,10-11,26H2,1-2H3,(H,27,30)(H,31,32)(H,33,34)(H,37,38,39). The van der Waals surface area contributed by atoms with Crippen LogP contribution in [0.25, 0.3) is 6.08 Å². The molecule has 1 aromatic rings. The summed E-state index contributed by atoms with van der Waals surface area (Å²) in [6.45, 7) is -0.576. The van der Waals surface area contributed by atoms with Gasteiger partial charge in [0.2, 0.25) is 11.7 Å². The number of thioether (sulfide) groups is 1.